The van der Waals surface area contributed by atoms with Crippen molar-refractivity contribution in [3.05, 3.63) is 47.5 Å². The summed E-state index contributed by atoms with van der Waals surface area (Å²) in [7, 11) is 0. The minimum atomic E-state index is -0.206. The molecule has 108 valence electrons. The molecule has 0 fully saturated rings. The number of fused-ring (bicyclic) bond motifs is 1. The Morgan fingerprint density at radius 1 is 1.14 bits per heavy atom. The zero-order chi connectivity index (χ0) is 14.8. The Labute approximate surface area is 122 Å². The molecule has 0 saturated heterocycles. The van der Waals surface area contributed by atoms with E-state index in [-0.39, 0.29) is 5.91 Å². The van der Waals surface area contributed by atoms with Gasteiger partial charge in [0.2, 0.25) is 0 Å². The Kier molecular flexibility index (Phi) is 3.39. The lowest BCUT2D eigenvalue weighted by Gasteiger charge is -2.20. The molecule has 5 heteroatoms. The van der Waals surface area contributed by atoms with Gasteiger partial charge in [-0.25, -0.2) is 0 Å². The molecule has 1 aliphatic heterocycles. The van der Waals surface area contributed by atoms with Crippen LogP contribution in [-0.2, 0) is 0 Å². The van der Waals surface area contributed by atoms with Crippen molar-refractivity contribution in [2.45, 2.75) is 6.92 Å². The van der Waals surface area contributed by atoms with Gasteiger partial charge in [-0.05, 0) is 19.1 Å². The number of hydrogen-bond acceptors (Lipinski definition) is 4. The zero-order valence-electron chi connectivity index (χ0n) is 11.7. The summed E-state index contributed by atoms with van der Waals surface area (Å²) in [6, 6.07) is 10.7. The van der Waals surface area contributed by atoms with Crippen molar-refractivity contribution in [1.29, 1.82) is 0 Å². The van der Waals surface area contributed by atoms with Gasteiger partial charge in [-0.15, -0.1) is 0 Å². The van der Waals surface area contributed by atoms with Crippen molar-refractivity contribution >= 4 is 17.3 Å². The normalized spacial score (nSPS) is 12.8. The van der Waals surface area contributed by atoms with Gasteiger partial charge in [0.1, 0.15) is 13.2 Å². The standard InChI is InChI=1S/C16H16N2O3/c1-10-3-2-4-11(7-10)16(19)18-13-9-15-14(8-12(13)17)20-5-6-21-15/h2-4,7-9H,5-6,17H2,1H3,(H,18,19). The summed E-state index contributed by atoms with van der Waals surface area (Å²) in [6.07, 6.45) is 0. The monoisotopic (exact) mass is 284 g/mol. The van der Waals surface area contributed by atoms with Crippen molar-refractivity contribution in [2.75, 3.05) is 24.3 Å². The Morgan fingerprint density at radius 3 is 2.57 bits per heavy atom. The summed E-state index contributed by atoms with van der Waals surface area (Å²) in [5, 5.41) is 2.80. The third-order valence-corrected chi connectivity index (χ3v) is 3.24. The van der Waals surface area contributed by atoms with Crippen LogP contribution in [-0.4, -0.2) is 19.1 Å². The molecule has 2 aromatic rings. The Bertz CT molecular complexity index is 698. The summed E-state index contributed by atoms with van der Waals surface area (Å²) >= 11 is 0. The molecule has 2 aromatic carbocycles. The molecule has 0 saturated carbocycles. The molecule has 5 nitrogen and oxygen atoms in total. The fraction of sp³-hybridized carbons (Fsp3) is 0.188. The molecule has 1 heterocycles. The van der Waals surface area contributed by atoms with Crippen LogP contribution in [0.3, 0.4) is 0 Å². The molecule has 0 unspecified atom stereocenters. The van der Waals surface area contributed by atoms with Crippen molar-refractivity contribution in [1.82, 2.24) is 0 Å². The maximum Gasteiger partial charge on any atom is 0.255 e. The molecule has 0 spiro atoms. The van der Waals surface area contributed by atoms with E-state index in [1.165, 1.54) is 0 Å². The summed E-state index contributed by atoms with van der Waals surface area (Å²) < 4.78 is 10.9. The SMILES string of the molecule is Cc1cccc(C(=O)Nc2cc3c(cc2N)OCCO3)c1. The molecule has 0 radical (unpaired) electrons. The lowest BCUT2D eigenvalue weighted by molar-refractivity contribution is 0.102. The summed E-state index contributed by atoms with van der Waals surface area (Å²) in [5.74, 6) is 0.990. The van der Waals surface area contributed by atoms with Crippen LogP contribution in [0.15, 0.2) is 36.4 Å². The highest BCUT2D eigenvalue weighted by atomic mass is 16.6. The lowest BCUT2D eigenvalue weighted by Crippen LogP contribution is -2.17. The van der Waals surface area contributed by atoms with E-state index in [1.54, 1.807) is 18.2 Å². The Hall–Kier alpha value is -2.69. The highest BCUT2D eigenvalue weighted by Gasteiger charge is 2.16. The first-order valence-electron chi connectivity index (χ1n) is 6.70. The molecule has 0 bridgehead atoms. The Balaban J connectivity index is 1.86. The number of aryl methyl sites for hydroxylation is 1. The van der Waals surface area contributed by atoms with Gasteiger partial charge in [0.25, 0.3) is 5.91 Å². The minimum Gasteiger partial charge on any atom is -0.486 e. The third-order valence-electron chi connectivity index (χ3n) is 3.24. The number of carbonyl (C=O) groups excluding carboxylic acids is 1. The molecule has 0 aliphatic carbocycles. The number of rotatable bonds is 2. The second-order valence-electron chi connectivity index (χ2n) is 4.91. The van der Waals surface area contributed by atoms with E-state index in [4.69, 9.17) is 15.2 Å². The highest BCUT2D eigenvalue weighted by Crippen LogP contribution is 2.37. The first-order valence-corrected chi connectivity index (χ1v) is 6.70. The third kappa shape index (κ3) is 2.76. The summed E-state index contributed by atoms with van der Waals surface area (Å²) in [5.41, 5.74) is 8.53. The maximum atomic E-state index is 12.2. The summed E-state index contributed by atoms with van der Waals surface area (Å²) in [4.78, 5) is 12.2. The second-order valence-corrected chi connectivity index (χ2v) is 4.91. The molecule has 1 aliphatic rings. The van der Waals surface area contributed by atoms with Crippen molar-refractivity contribution in [2.24, 2.45) is 0 Å². The van der Waals surface area contributed by atoms with E-state index in [2.05, 4.69) is 5.32 Å². The van der Waals surface area contributed by atoms with Gasteiger partial charge in [0, 0.05) is 17.7 Å². The number of nitrogen functional groups attached to an aromatic ring is 1. The van der Waals surface area contributed by atoms with Crippen LogP contribution in [0.1, 0.15) is 15.9 Å². The predicted molar refractivity (Wildman–Crippen MR) is 81.0 cm³/mol. The van der Waals surface area contributed by atoms with Gasteiger partial charge in [0.05, 0.1) is 11.4 Å². The molecule has 0 atom stereocenters. The van der Waals surface area contributed by atoms with Crippen molar-refractivity contribution in [3.63, 3.8) is 0 Å². The number of benzene rings is 2. The smallest absolute Gasteiger partial charge is 0.255 e. The largest absolute Gasteiger partial charge is 0.486 e. The molecular formula is C16H16N2O3. The molecule has 0 aromatic heterocycles. The van der Waals surface area contributed by atoms with E-state index in [0.717, 1.165) is 5.56 Å². The van der Waals surface area contributed by atoms with E-state index < -0.39 is 0 Å². The van der Waals surface area contributed by atoms with Crippen LogP contribution in [0.25, 0.3) is 0 Å². The number of nitrogens with one attached hydrogen (secondary N) is 1. The van der Waals surface area contributed by atoms with Crippen molar-refractivity contribution in [3.8, 4) is 11.5 Å². The number of anilines is 2. The number of nitrogens with two attached hydrogens (primary N) is 1. The maximum absolute atomic E-state index is 12.2. The van der Waals surface area contributed by atoms with Gasteiger partial charge in [-0.2, -0.15) is 0 Å². The van der Waals surface area contributed by atoms with Gasteiger partial charge >= 0.3 is 0 Å². The molecule has 3 N–H and O–H groups in total. The lowest BCUT2D eigenvalue weighted by atomic mass is 10.1. The fourth-order valence-electron chi connectivity index (χ4n) is 2.19. The van der Waals surface area contributed by atoms with E-state index in [0.29, 0.717) is 41.7 Å². The predicted octanol–water partition coefficient (Wildman–Crippen LogP) is 2.60. The first-order chi connectivity index (χ1) is 10.1. The zero-order valence-corrected chi connectivity index (χ0v) is 11.7. The van der Waals surface area contributed by atoms with Gasteiger partial charge in [0.15, 0.2) is 11.5 Å². The summed E-state index contributed by atoms with van der Waals surface area (Å²) in [6.45, 7) is 2.93. The molecule has 1 amide bonds. The molecular weight excluding hydrogens is 268 g/mol. The topological polar surface area (TPSA) is 73.6 Å². The fourth-order valence-corrected chi connectivity index (χ4v) is 2.19. The number of amides is 1. The molecule has 3 rings (SSSR count). The first kappa shape index (κ1) is 13.3. The van der Waals surface area contributed by atoms with E-state index in [9.17, 15) is 4.79 Å². The van der Waals surface area contributed by atoms with Gasteiger partial charge in [-0.1, -0.05) is 17.7 Å². The quantitative estimate of drug-likeness (QED) is 0.831. The van der Waals surface area contributed by atoms with Crippen LogP contribution in [0, 0.1) is 6.92 Å². The number of ether oxygens (including phenoxy) is 2. The second kappa shape index (κ2) is 5.36. The molecule has 21 heavy (non-hydrogen) atoms. The van der Waals surface area contributed by atoms with Crippen LogP contribution < -0.4 is 20.5 Å². The minimum absolute atomic E-state index is 0.206. The van der Waals surface area contributed by atoms with Crippen LogP contribution in [0.4, 0.5) is 11.4 Å². The van der Waals surface area contributed by atoms with E-state index in [1.807, 2.05) is 25.1 Å². The average Bonchev–Trinajstić information content (AvgIpc) is 2.48. The highest BCUT2D eigenvalue weighted by molar-refractivity contribution is 6.06. The van der Waals surface area contributed by atoms with Gasteiger partial charge in [-0.3, -0.25) is 4.79 Å². The van der Waals surface area contributed by atoms with Crippen LogP contribution in [0.2, 0.25) is 0 Å². The van der Waals surface area contributed by atoms with Crippen LogP contribution >= 0.6 is 0 Å². The number of carbonyl (C=O) groups is 1. The number of hydrogen-bond donors (Lipinski definition) is 2. The Morgan fingerprint density at radius 2 is 1.86 bits per heavy atom. The average molecular weight is 284 g/mol. The van der Waals surface area contributed by atoms with E-state index >= 15 is 0 Å². The van der Waals surface area contributed by atoms with Crippen LogP contribution in [0.5, 0.6) is 11.5 Å². The van der Waals surface area contributed by atoms with Crippen molar-refractivity contribution < 1.29 is 14.3 Å². The van der Waals surface area contributed by atoms with Gasteiger partial charge < -0.3 is 20.5 Å².